The van der Waals surface area contributed by atoms with Crippen molar-refractivity contribution in [2.45, 2.75) is 45.4 Å². The summed E-state index contributed by atoms with van der Waals surface area (Å²) in [5, 5.41) is 11.8. The first-order valence-corrected chi connectivity index (χ1v) is 18.2. The molecule has 54 heavy (non-hydrogen) atoms. The van der Waals surface area contributed by atoms with Gasteiger partial charge in [-0.3, -0.25) is 9.55 Å². The molecule has 5 heteroatoms. The van der Waals surface area contributed by atoms with Crippen LogP contribution in [0.1, 0.15) is 51.3 Å². The first-order chi connectivity index (χ1) is 25.6. The first kappa shape index (κ1) is 35.5. The van der Waals surface area contributed by atoms with E-state index in [0.717, 1.165) is 61.4 Å². The van der Waals surface area contributed by atoms with Gasteiger partial charge in [0.15, 0.2) is 0 Å². The quantitative estimate of drug-likeness (QED) is 0.175. The molecule has 2 aromatic heterocycles. The van der Waals surface area contributed by atoms with E-state index in [4.69, 9.17) is 9.97 Å². The van der Waals surface area contributed by atoms with Crippen LogP contribution in [0, 0.1) is 6.07 Å². The van der Waals surface area contributed by atoms with Gasteiger partial charge in [-0.15, -0.1) is 29.3 Å². The Morgan fingerprint density at radius 3 is 2.07 bits per heavy atom. The van der Waals surface area contributed by atoms with Crippen molar-refractivity contribution in [3.63, 3.8) is 0 Å². The number of aromatic hydroxyl groups is 1. The maximum atomic E-state index is 11.8. The molecule has 9 rings (SSSR count). The normalized spacial score (nSPS) is 13.0. The number of fused-ring (bicyclic) bond motifs is 4. The van der Waals surface area contributed by atoms with Crippen molar-refractivity contribution in [3.8, 4) is 67.5 Å². The van der Waals surface area contributed by atoms with Gasteiger partial charge in [0.05, 0.1) is 16.6 Å². The van der Waals surface area contributed by atoms with Crippen LogP contribution in [0.25, 0.3) is 72.7 Å². The maximum absolute atomic E-state index is 11.8. The number of imidazole rings is 1. The van der Waals surface area contributed by atoms with Crippen molar-refractivity contribution in [2.24, 2.45) is 0 Å². The molecule has 8 aromatic rings. The monoisotopic (exact) mass is 881 g/mol. The summed E-state index contributed by atoms with van der Waals surface area (Å²) < 4.78 is 2.17. The van der Waals surface area contributed by atoms with Gasteiger partial charge in [-0.2, -0.15) is 0 Å². The van der Waals surface area contributed by atoms with Gasteiger partial charge in [0.2, 0.25) is 0 Å². The van der Waals surface area contributed by atoms with Crippen LogP contribution in [0.3, 0.4) is 0 Å². The number of hydrogen-bond donors (Lipinski definition) is 1. The van der Waals surface area contributed by atoms with Gasteiger partial charge in [-0.1, -0.05) is 137 Å². The SMILES string of the molecule is CC(C)(C)c1cc(-c2cc(-c3ccccc3)ccn2)[c-]c(-c2cccc3c2nc(-c2cc4c(cc2O)C(C)(C)c2ccccc2-4)n3-c2ccccc2)c1.[Pt]. The number of rotatable bonds is 5. The average molecular weight is 882 g/mol. The zero-order valence-corrected chi connectivity index (χ0v) is 33.2. The van der Waals surface area contributed by atoms with Crippen molar-refractivity contribution in [3.05, 3.63) is 168 Å². The molecule has 0 bridgehead atoms. The van der Waals surface area contributed by atoms with E-state index >= 15 is 0 Å². The summed E-state index contributed by atoms with van der Waals surface area (Å²) in [6.45, 7) is 11.2. The van der Waals surface area contributed by atoms with E-state index in [-0.39, 0.29) is 37.6 Å². The van der Waals surface area contributed by atoms with Gasteiger partial charge in [-0.25, -0.2) is 4.98 Å². The van der Waals surface area contributed by atoms with Gasteiger partial charge < -0.3 is 5.11 Å². The number of hydrogen-bond acceptors (Lipinski definition) is 3. The van der Waals surface area contributed by atoms with Gasteiger partial charge >= 0.3 is 0 Å². The third-order valence-electron chi connectivity index (χ3n) is 10.8. The molecule has 1 N–H and O–H groups in total. The zero-order valence-electron chi connectivity index (χ0n) is 31.0. The molecule has 1 aliphatic rings. The predicted octanol–water partition coefficient (Wildman–Crippen LogP) is 12.2. The Balaban J connectivity index is 0.00000413. The summed E-state index contributed by atoms with van der Waals surface area (Å²) in [4.78, 5) is 10.3. The Morgan fingerprint density at radius 2 is 1.31 bits per heavy atom. The van der Waals surface area contributed by atoms with Crippen molar-refractivity contribution >= 4 is 11.0 Å². The Bertz CT molecular complexity index is 2690. The minimum Gasteiger partial charge on any atom is -0.507 e. The molecule has 0 radical (unpaired) electrons. The summed E-state index contributed by atoms with van der Waals surface area (Å²) in [6, 6.07) is 52.1. The Kier molecular flexibility index (Phi) is 8.78. The fourth-order valence-corrected chi connectivity index (χ4v) is 7.93. The van der Waals surface area contributed by atoms with Crippen molar-refractivity contribution in [2.75, 3.05) is 0 Å². The molecule has 0 spiro atoms. The average Bonchev–Trinajstić information content (AvgIpc) is 3.67. The Morgan fingerprint density at radius 1 is 0.630 bits per heavy atom. The van der Waals surface area contributed by atoms with Crippen LogP contribution in [0.5, 0.6) is 5.75 Å². The smallest absolute Gasteiger partial charge is 0.148 e. The minimum atomic E-state index is -0.226. The van der Waals surface area contributed by atoms with Crippen LogP contribution < -0.4 is 0 Å². The van der Waals surface area contributed by atoms with Crippen LogP contribution >= 0.6 is 0 Å². The van der Waals surface area contributed by atoms with Gasteiger partial charge in [0, 0.05) is 44.1 Å². The molecule has 268 valence electrons. The summed E-state index contributed by atoms with van der Waals surface area (Å²) in [6.07, 6.45) is 1.88. The Hall–Kier alpha value is -5.57. The number of nitrogens with zero attached hydrogens (tertiary/aromatic N) is 3. The molecular formula is C49H40N3OPt-. The van der Waals surface area contributed by atoms with E-state index in [9.17, 15) is 5.11 Å². The molecule has 0 aliphatic heterocycles. The summed E-state index contributed by atoms with van der Waals surface area (Å²) >= 11 is 0. The number of phenols is 1. The second kappa shape index (κ2) is 13.4. The molecule has 0 saturated carbocycles. The topological polar surface area (TPSA) is 50.9 Å². The van der Waals surface area contributed by atoms with Crippen molar-refractivity contribution < 1.29 is 26.2 Å². The summed E-state index contributed by atoms with van der Waals surface area (Å²) in [5.41, 5.74) is 15.0. The number of benzene rings is 6. The zero-order chi connectivity index (χ0) is 36.5. The number of pyridine rings is 1. The van der Waals surface area contributed by atoms with Crippen LogP contribution in [0.2, 0.25) is 0 Å². The molecule has 0 amide bonds. The fourth-order valence-electron chi connectivity index (χ4n) is 7.93. The first-order valence-electron chi connectivity index (χ1n) is 18.2. The summed E-state index contributed by atoms with van der Waals surface area (Å²) in [7, 11) is 0. The molecule has 0 unspecified atom stereocenters. The Labute approximate surface area is 331 Å². The number of phenolic OH excluding ortho intramolecular Hbond substituents is 1. The van der Waals surface area contributed by atoms with Crippen molar-refractivity contribution in [1.82, 2.24) is 14.5 Å². The molecular weight excluding hydrogens is 842 g/mol. The molecule has 2 heterocycles. The van der Waals surface area contributed by atoms with Crippen LogP contribution in [-0.4, -0.2) is 19.6 Å². The van der Waals surface area contributed by atoms with Crippen molar-refractivity contribution in [1.29, 1.82) is 0 Å². The number of aromatic nitrogens is 3. The maximum Gasteiger partial charge on any atom is 0.148 e. The third-order valence-corrected chi connectivity index (χ3v) is 10.8. The largest absolute Gasteiger partial charge is 0.507 e. The second-order valence-electron chi connectivity index (χ2n) is 15.6. The molecule has 1 aliphatic carbocycles. The van der Waals surface area contributed by atoms with E-state index in [1.54, 1.807) is 0 Å². The van der Waals surface area contributed by atoms with E-state index in [2.05, 4.69) is 154 Å². The van der Waals surface area contributed by atoms with E-state index in [0.29, 0.717) is 11.4 Å². The van der Waals surface area contributed by atoms with Crippen LogP contribution in [0.15, 0.2) is 146 Å². The summed E-state index contributed by atoms with van der Waals surface area (Å²) in [5.74, 6) is 0.900. The van der Waals surface area contributed by atoms with Gasteiger partial charge in [0.25, 0.3) is 0 Å². The molecule has 6 aromatic carbocycles. The predicted molar refractivity (Wildman–Crippen MR) is 217 cm³/mol. The van der Waals surface area contributed by atoms with Gasteiger partial charge in [-0.05, 0) is 75.2 Å². The minimum absolute atomic E-state index is 0. The van der Waals surface area contributed by atoms with Crippen LogP contribution in [-0.2, 0) is 31.9 Å². The van der Waals surface area contributed by atoms with E-state index < -0.39 is 0 Å². The van der Waals surface area contributed by atoms with E-state index in [1.807, 2.05) is 36.5 Å². The fraction of sp³-hybridized carbons (Fsp3) is 0.143. The molecule has 0 saturated heterocycles. The van der Waals surface area contributed by atoms with E-state index in [1.165, 1.54) is 16.7 Å². The number of para-hydroxylation sites is 2. The molecule has 4 nitrogen and oxygen atoms in total. The molecule has 0 fully saturated rings. The van der Waals surface area contributed by atoms with Crippen LogP contribution in [0.4, 0.5) is 0 Å². The van der Waals surface area contributed by atoms with Gasteiger partial charge in [0.1, 0.15) is 11.6 Å². The third kappa shape index (κ3) is 5.90. The standard InChI is InChI=1S/C49H40N3O.Pt/c1-48(2,3)35-26-33(25-34(27-35)43-28-32(23-24-50-43)31-15-8-6-9-16-31)37-20-14-22-44-46(37)51-47(52(44)36-17-10-7-11-18-36)40-29-39-38-19-12-13-21-41(38)49(4,5)42(39)30-45(40)53;/h6-24,26-30,53H,1-5H3;/q-1;. The second-order valence-corrected chi connectivity index (χ2v) is 15.6. The molecule has 0 atom stereocenters.